The number of para-hydroxylation sites is 1. The van der Waals surface area contributed by atoms with Crippen LogP contribution in [0.4, 0.5) is 5.69 Å². The van der Waals surface area contributed by atoms with Crippen molar-refractivity contribution in [3.8, 4) is 5.69 Å². The summed E-state index contributed by atoms with van der Waals surface area (Å²) >= 11 is 0. The van der Waals surface area contributed by atoms with E-state index in [1.165, 1.54) is 12.1 Å². The monoisotopic (exact) mass is 514 g/mol. The Hall–Kier alpha value is -4.17. The molecule has 190 valence electrons. The van der Waals surface area contributed by atoms with Gasteiger partial charge in [0.2, 0.25) is 0 Å². The number of amides is 1. The molecule has 0 unspecified atom stereocenters. The molecule has 1 amide bonds. The lowest BCUT2D eigenvalue weighted by Gasteiger charge is -2.25. The Labute approximate surface area is 218 Å². The first-order chi connectivity index (χ1) is 17.7. The molecule has 3 aromatic carbocycles. The summed E-state index contributed by atoms with van der Waals surface area (Å²) in [5, 5.41) is 4.13. The standard InChI is InChI=1S/C29H30N4O3S/c1-21-15-16-28(22(2)17-21)32(37(35,36)27-13-9-6-10-14-27)20-29(34)31-30-19-25-18-23(3)33(24(25)4)26-11-7-5-8-12-26/h5-19H,20H2,1-4H3,(H,31,34)/b30-19+. The quantitative estimate of drug-likeness (QED) is 0.264. The first-order valence-electron chi connectivity index (χ1n) is 11.9. The number of sulfonamides is 1. The molecule has 1 aromatic heterocycles. The van der Waals surface area contributed by atoms with E-state index in [1.54, 1.807) is 30.5 Å². The topological polar surface area (TPSA) is 83.8 Å². The van der Waals surface area contributed by atoms with Gasteiger partial charge in [0.1, 0.15) is 6.54 Å². The van der Waals surface area contributed by atoms with Crippen molar-refractivity contribution in [1.29, 1.82) is 0 Å². The Balaban J connectivity index is 1.57. The molecule has 8 heteroatoms. The Morgan fingerprint density at radius 1 is 0.919 bits per heavy atom. The van der Waals surface area contributed by atoms with Gasteiger partial charge in [-0.25, -0.2) is 13.8 Å². The summed E-state index contributed by atoms with van der Waals surface area (Å²) in [5.41, 5.74) is 8.60. The molecule has 0 atom stereocenters. The number of nitrogens with one attached hydrogen (secondary N) is 1. The lowest BCUT2D eigenvalue weighted by molar-refractivity contribution is -0.119. The number of anilines is 1. The minimum Gasteiger partial charge on any atom is -0.318 e. The number of hydrazone groups is 1. The summed E-state index contributed by atoms with van der Waals surface area (Å²) in [4.78, 5) is 13.0. The first kappa shape index (κ1) is 25.9. The summed E-state index contributed by atoms with van der Waals surface area (Å²) < 4.78 is 30.3. The highest BCUT2D eigenvalue weighted by molar-refractivity contribution is 7.92. The lowest BCUT2D eigenvalue weighted by Crippen LogP contribution is -2.40. The zero-order valence-corrected chi connectivity index (χ0v) is 22.2. The second kappa shape index (κ2) is 10.8. The first-order valence-corrected chi connectivity index (χ1v) is 13.3. The fraction of sp³-hybridized carbons (Fsp3) is 0.172. The van der Waals surface area contributed by atoms with E-state index in [2.05, 4.69) is 15.1 Å². The molecule has 0 radical (unpaired) electrons. The van der Waals surface area contributed by atoms with Crippen LogP contribution in [-0.4, -0.2) is 31.7 Å². The number of carbonyl (C=O) groups excluding carboxylic acids is 1. The van der Waals surface area contributed by atoms with E-state index >= 15 is 0 Å². The molecule has 1 heterocycles. The number of carbonyl (C=O) groups is 1. The Kier molecular flexibility index (Phi) is 7.59. The van der Waals surface area contributed by atoms with E-state index in [0.29, 0.717) is 5.69 Å². The van der Waals surface area contributed by atoms with Crippen LogP contribution in [0.2, 0.25) is 0 Å². The van der Waals surface area contributed by atoms with Crippen LogP contribution in [0.1, 0.15) is 28.1 Å². The van der Waals surface area contributed by atoms with Crippen molar-refractivity contribution >= 4 is 27.8 Å². The molecule has 0 bridgehead atoms. The fourth-order valence-electron chi connectivity index (χ4n) is 4.34. The van der Waals surface area contributed by atoms with Crippen LogP contribution in [0.15, 0.2) is 94.9 Å². The van der Waals surface area contributed by atoms with Crippen LogP contribution >= 0.6 is 0 Å². The van der Waals surface area contributed by atoms with Gasteiger partial charge in [-0.1, -0.05) is 54.1 Å². The average molecular weight is 515 g/mol. The molecule has 37 heavy (non-hydrogen) atoms. The third-order valence-electron chi connectivity index (χ3n) is 6.12. The summed E-state index contributed by atoms with van der Waals surface area (Å²) in [6, 6.07) is 25.5. The van der Waals surface area contributed by atoms with Gasteiger partial charge < -0.3 is 4.57 Å². The van der Waals surface area contributed by atoms with Crippen molar-refractivity contribution in [1.82, 2.24) is 9.99 Å². The smallest absolute Gasteiger partial charge is 0.264 e. The van der Waals surface area contributed by atoms with Crippen LogP contribution in [0, 0.1) is 27.7 Å². The highest BCUT2D eigenvalue weighted by Gasteiger charge is 2.28. The minimum atomic E-state index is -3.98. The van der Waals surface area contributed by atoms with E-state index in [-0.39, 0.29) is 4.90 Å². The van der Waals surface area contributed by atoms with E-state index in [4.69, 9.17) is 0 Å². The predicted molar refractivity (Wildman–Crippen MR) is 148 cm³/mol. The van der Waals surface area contributed by atoms with Gasteiger partial charge in [-0.15, -0.1) is 0 Å². The zero-order chi connectivity index (χ0) is 26.6. The summed E-state index contributed by atoms with van der Waals surface area (Å²) in [6.45, 7) is 7.34. The zero-order valence-electron chi connectivity index (χ0n) is 21.3. The average Bonchev–Trinajstić information content (AvgIpc) is 3.16. The molecule has 4 aromatic rings. The largest absolute Gasteiger partial charge is 0.318 e. The molecule has 0 fully saturated rings. The van der Waals surface area contributed by atoms with Crippen LogP contribution < -0.4 is 9.73 Å². The second-order valence-corrected chi connectivity index (χ2v) is 10.8. The maximum absolute atomic E-state index is 13.5. The molecular formula is C29H30N4O3S. The van der Waals surface area contributed by atoms with E-state index in [9.17, 15) is 13.2 Å². The van der Waals surface area contributed by atoms with Crippen molar-refractivity contribution < 1.29 is 13.2 Å². The van der Waals surface area contributed by atoms with Crippen LogP contribution in [0.5, 0.6) is 0 Å². The maximum Gasteiger partial charge on any atom is 0.264 e. The Morgan fingerprint density at radius 3 is 2.22 bits per heavy atom. The van der Waals surface area contributed by atoms with Gasteiger partial charge in [0.25, 0.3) is 15.9 Å². The van der Waals surface area contributed by atoms with Crippen LogP contribution in [0.25, 0.3) is 5.69 Å². The SMILES string of the molecule is Cc1ccc(N(CC(=O)N/N=C/c2cc(C)n(-c3ccccc3)c2C)S(=O)(=O)c2ccccc2)c(C)c1. The Bertz CT molecular complexity index is 1540. The molecule has 7 nitrogen and oxygen atoms in total. The van der Waals surface area contributed by atoms with E-state index in [1.807, 2.05) is 76.2 Å². The lowest BCUT2D eigenvalue weighted by atomic mass is 10.1. The summed E-state index contributed by atoms with van der Waals surface area (Å²) in [7, 11) is -3.98. The molecule has 0 aliphatic carbocycles. The van der Waals surface area contributed by atoms with Crippen molar-refractivity contribution in [2.24, 2.45) is 5.10 Å². The van der Waals surface area contributed by atoms with Gasteiger partial charge in [-0.2, -0.15) is 5.10 Å². The fourth-order valence-corrected chi connectivity index (χ4v) is 5.84. The summed E-state index contributed by atoms with van der Waals surface area (Å²) in [5.74, 6) is -0.549. The second-order valence-electron chi connectivity index (χ2n) is 8.91. The highest BCUT2D eigenvalue weighted by Crippen LogP contribution is 2.27. The minimum absolute atomic E-state index is 0.111. The van der Waals surface area contributed by atoms with Gasteiger partial charge >= 0.3 is 0 Å². The van der Waals surface area contributed by atoms with Gasteiger partial charge in [0.15, 0.2) is 0 Å². The number of nitrogens with zero attached hydrogens (tertiary/aromatic N) is 3. The Morgan fingerprint density at radius 2 is 1.57 bits per heavy atom. The molecular weight excluding hydrogens is 484 g/mol. The van der Waals surface area contributed by atoms with Gasteiger partial charge in [-0.05, 0) is 69.7 Å². The van der Waals surface area contributed by atoms with Crippen molar-refractivity contribution in [3.05, 3.63) is 113 Å². The number of benzene rings is 3. The predicted octanol–water partition coefficient (Wildman–Crippen LogP) is 5.06. The third kappa shape index (κ3) is 5.65. The van der Waals surface area contributed by atoms with Crippen LogP contribution in [-0.2, 0) is 14.8 Å². The van der Waals surface area contributed by atoms with Crippen molar-refractivity contribution in [2.75, 3.05) is 10.8 Å². The number of rotatable bonds is 8. The molecule has 4 rings (SSSR count). The number of aryl methyl sites for hydroxylation is 3. The molecule has 0 spiro atoms. The molecule has 0 saturated carbocycles. The molecule has 0 saturated heterocycles. The van der Waals surface area contributed by atoms with E-state index < -0.39 is 22.5 Å². The molecule has 0 aliphatic rings. The normalized spacial score (nSPS) is 11.6. The van der Waals surface area contributed by atoms with Crippen molar-refractivity contribution in [2.45, 2.75) is 32.6 Å². The van der Waals surface area contributed by atoms with E-state index in [0.717, 1.165) is 38.1 Å². The summed E-state index contributed by atoms with van der Waals surface area (Å²) in [6.07, 6.45) is 1.58. The molecule has 1 N–H and O–H groups in total. The maximum atomic E-state index is 13.5. The van der Waals surface area contributed by atoms with Gasteiger partial charge in [0.05, 0.1) is 16.8 Å². The number of hydrogen-bond donors (Lipinski definition) is 1. The van der Waals surface area contributed by atoms with Gasteiger partial charge in [0, 0.05) is 22.6 Å². The third-order valence-corrected chi connectivity index (χ3v) is 7.89. The van der Waals surface area contributed by atoms with Crippen molar-refractivity contribution in [3.63, 3.8) is 0 Å². The highest BCUT2D eigenvalue weighted by atomic mass is 32.2. The van der Waals surface area contributed by atoms with Crippen LogP contribution in [0.3, 0.4) is 0 Å². The van der Waals surface area contributed by atoms with Gasteiger partial charge in [-0.3, -0.25) is 9.10 Å². The molecule has 0 aliphatic heterocycles. The number of aromatic nitrogens is 1. The number of hydrogen-bond acceptors (Lipinski definition) is 4.